The molecule has 1 aromatic carbocycles. The van der Waals surface area contributed by atoms with Crippen molar-refractivity contribution in [3.63, 3.8) is 0 Å². The molecule has 2 fully saturated rings. The van der Waals surface area contributed by atoms with Crippen LogP contribution in [0.4, 0.5) is 11.4 Å². The number of nitro benzene ring substituents is 1. The van der Waals surface area contributed by atoms with Crippen molar-refractivity contribution in [2.75, 3.05) is 11.5 Å². The van der Waals surface area contributed by atoms with Crippen LogP contribution in [0.25, 0.3) is 0 Å². The number of aliphatic hydroxyl groups is 1. The summed E-state index contributed by atoms with van der Waals surface area (Å²) in [4.78, 5) is 37.1. The second-order valence-corrected chi connectivity index (χ2v) is 6.48. The molecule has 1 N–H and O–H groups in total. The van der Waals surface area contributed by atoms with Crippen LogP contribution in [0.3, 0.4) is 0 Å². The minimum atomic E-state index is -1.21. The molecule has 0 radical (unpaired) electrons. The molecule has 3 aliphatic rings. The molecular weight excluding hydrogens is 316 g/mol. The molecule has 0 aliphatic carbocycles. The lowest BCUT2D eigenvalue weighted by atomic mass is 9.73. The molecule has 0 aromatic heterocycles. The molecule has 0 unspecified atom stereocenters. The van der Waals surface area contributed by atoms with Gasteiger partial charge in [0.05, 0.1) is 34.7 Å². The molecule has 4 rings (SSSR count). The number of carbonyl (C=O) groups is 2. The summed E-state index contributed by atoms with van der Waals surface area (Å²) in [6, 6.07) is 5.39. The molecule has 24 heavy (non-hydrogen) atoms. The number of non-ortho nitro benzene ring substituents is 1. The number of carbonyl (C=O) groups excluding carboxylic acids is 2. The maximum absolute atomic E-state index is 12.9. The lowest BCUT2D eigenvalue weighted by Gasteiger charge is -2.26. The molecule has 2 saturated heterocycles. The largest absolute Gasteiger partial charge is 0.393 e. The summed E-state index contributed by atoms with van der Waals surface area (Å²) in [7, 11) is 0. The van der Waals surface area contributed by atoms with Gasteiger partial charge in [-0.05, 0) is 13.0 Å². The third kappa shape index (κ3) is 1.64. The van der Waals surface area contributed by atoms with E-state index in [0.29, 0.717) is 0 Å². The third-order valence-corrected chi connectivity index (χ3v) is 5.10. The number of fused-ring (bicyclic) bond motifs is 5. The second kappa shape index (κ2) is 4.49. The number of imide groups is 1. The van der Waals surface area contributed by atoms with Crippen molar-refractivity contribution in [2.45, 2.75) is 18.1 Å². The second-order valence-electron chi connectivity index (χ2n) is 6.48. The van der Waals surface area contributed by atoms with Gasteiger partial charge in [0.1, 0.15) is 5.60 Å². The summed E-state index contributed by atoms with van der Waals surface area (Å²) in [6.07, 6.45) is 3.34. The zero-order valence-corrected chi connectivity index (χ0v) is 12.7. The average molecular weight is 330 g/mol. The lowest BCUT2D eigenvalue weighted by molar-refractivity contribution is -0.384. The Hall–Kier alpha value is -2.58. The van der Waals surface area contributed by atoms with Crippen molar-refractivity contribution < 1.29 is 24.4 Å². The van der Waals surface area contributed by atoms with Gasteiger partial charge in [0.15, 0.2) is 0 Å². The van der Waals surface area contributed by atoms with E-state index in [1.54, 1.807) is 19.1 Å². The Labute approximate surface area is 136 Å². The molecule has 2 bridgehead atoms. The summed E-state index contributed by atoms with van der Waals surface area (Å²) in [6.45, 7) is 1.29. The summed E-state index contributed by atoms with van der Waals surface area (Å²) in [5, 5.41) is 20.7. The number of nitro groups is 1. The number of hydrogen-bond donors (Lipinski definition) is 1. The monoisotopic (exact) mass is 330 g/mol. The van der Waals surface area contributed by atoms with Gasteiger partial charge in [-0.3, -0.25) is 19.7 Å². The number of amides is 2. The molecule has 4 atom stereocenters. The fourth-order valence-electron chi connectivity index (χ4n) is 4.04. The highest BCUT2D eigenvalue weighted by Crippen LogP contribution is 2.57. The van der Waals surface area contributed by atoms with Crippen molar-refractivity contribution in [1.82, 2.24) is 0 Å². The summed E-state index contributed by atoms with van der Waals surface area (Å²) < 4.78 is 5.81. The van der Waals surface area contributed by atoms with E-state index in [9.17, 15) is 24.8 Å². The van der Waals surface area contributed by atoms with Gasteiger partial charge in [-0.1, -0.05) is 18.2 Å². The first-order valence-corrected chi connectivity index (χ1v) is 7.47. The summed E-state index contributed by atoms with van der Waals surface area (Å²) in [5.41, 5.74) is -2.22. The zero-order valence-electron chi connectivity index (χ0n) is 12.7. The standard InChI is InChI=1S/C16H14N2O6/c1-15-5-6-16(8-19,24-15)12-11(15)13(20)17(14(12)21)9-3-2-4-10(7-9)18(22)23/h2-7,11-12,19H,8H2,1H3/t11-,12+,15-,16+/m1/s1. The number of nitrogens with zero attached hydrogens (tertiary/aromatic N) is 2. The maximum Gasteiger partial charge on any atom is 0.271 e. The summed E-state index contributed by atoms with van der Waals surface area (Å²) >= 11 is 0. The number of hydrogen-bond acceptors (Lipinski definition) is 6. The molecule has 8 heteroatoms. The predicted octanol–water partition coefficient (Wildman–Crippen LogP) is 0.790. The van der Waals surface area contributed by atoms with Crippen molar-refractivity contribution in [3.8, 4) is 0 Å². The zero-order chi connectivity index (χ0) is 17.3. The molecule has 3 aliphatic heterocycles. The number of anilines is 1. The van der Waals surface area contributed by atoms with Gasteiger partial charge < -0.3 is 9.84 Å². The minimum Gasteiger partial charge on any atom is -0.393 e. The molecule has 0 saturated carbocycles. The van der Waals surface area contributed by atoms with Crippen LogP contribution in [0.5, 0.6) is 0 Å². The van der Waals surface area contributed by atoms with E-state index in [1.807, 2.05) is 0 Å². The van der Waals surface area contributed by atoms with Crippen LogP contribution in [0.2, 0.25) is 0 Å². The molecule has 1 aromatic rings. The van der Waals surface area contributed by atoms with Crippen molar-refractivity contribution in [1.29, 1.82) is 0 Å². The van der Waals surface area contributed by atoms with Crippen LogP contribution in [0, 0.1) is 22.0 Å². The van der Waals surface area contributed by atoms with Gasteiger partial charge in [-0.15, -0.1) is 0 Å². The highest BCUT2D eigenvalue weighted by atomic mass is 16.6. The van der Waals surface area contributed by atoms with Gasteiger partial charge in [0.2, 0.25) is 11.8 Å². The van der Waals surface area contributed by atoms with Gasteiger partial charge in [-0.2, -0.15) is 0 Å². The summed E-state index contributed by atoms with van der Waals surface area (Å²) in [5.74, 6) is -2.55. The van der Waals surface area contributed by atoms with Gasteiger partial charge in [0.25, 0.3) is 5.69 Å². The van der Waals surface area contributed by atoms with E-state index >= 15 is 0 Å². The first-order valence-electron chi connectivity index (χ1n) is 7.47. The quantitative estimate of drug-likeness (QED) is 0.380. The fourth-order valence-corrected chi connectivity index (χ4v) is 4.04. The Balaban J connectivity index is 1.80. The first-order chi connectivity index (χ1) is 11.3. The van der Waals surface area contributed by atoms with E-state index in [4.69, 9.17) is 4.74 Å². The van der Waals surface area contributed by atoms with Gasteiger partial charge in [0, 0.05) is 12.1 Å². The van der Waals surface area contributed by atoms with Crippen LogP contribution in [0.15, 0.2) is 36.4 Å². The Morgan fingerprint density at radius 2 is 2.00 bits per heavy atom. The van der Waals surface area contributed by atoms with Crippen LogP contribution in [-0.2, 0) is 14.3 Å². The normalized spacial score (nSPS) is 36.5. The van der Waals surface area contributed by atoms with Gasteiger partial charge >= 0.3 is 0 Å². The first kappa shape index (κ1) is 15.0. The van der Waals surface area contributed by atoms with Crippen molar-refractivity contribution >= 4 is 23.2 Å². The smallest absolute Gasteiger partial charge is 0.271 e. The highest BCUT2D eigenvalue weighted by Gasteiger charge is 2.72. The highest BCUT2D eigenvalue weighted by molar-refractivity contribution is 6.23. The minimum absolute atomic E-state index is 0.157. The Bertz CT molecular complexity index is 821. The van der Waals surface area contributed by atoms with Crippen LogP contribution >= 0.6 is 0 Å². The van der Waals surface area contributed by atoms with E-state index < -0.39 is 46.4 Å². The van der Waals surface area contributed by atoms with Crippen LogP contribution in [0.1, 0.15) is 6.92 Å². The number of rotatable bonds is 3. The lowest BCUT2D eigenvalue weighted by Crippen LogP contribution is -2.43. The molecule has 3 heterocycles. The maximum atomic E-state index is 12.9. The molecule has 124 valence electrons. The molecule has 2 amide bonds. The number of aliphatic hydroxyl groups excluding tert-OH is 1. The number of ether oxygens (including phenoxy) is 1. The molecule has 8 nitrogen and oxygen atoms in total. The third-order valence-electron chi connectivity index (χ3n) is 5.10. The predicted molar refractivity (Wildman–Crippen MR) is 81.0 cm³/mol. The van der Waals surface area contributed by atoms with Crippen LogP contribution < -0.4 is 4.90 Å². The average Bonchev–Trinajstić information content (AvgIpc) is 3.13. The fraction of sp³-hybridized carbons (Fsp3) is 0.375. The van der Waals surface area contributed by atoms with E-state index in [1.165, 1.54) is 24.3 Å². The van der Waals surface area contributed by atoms with Crippen LogP contribution in [-0.4, -0.2) is 39.7 Å². The van der Waals surface area contributed by atoms with E-state index in [-0.39, 0.29) is 11.4 Å². The van der Waals surface area contributed by atoms with Crippen molar-refractivity contribution in [3.05, 3.63) is 46.5 Å². The van der Waals surface area contributed by atoms with E-state index in [2.05, 4.69) is 0 Å². The number of benzene rings is 1. The van der Waals surface area contributed by atoms with Crippen molar-refractivity contribution in [2.24, 2.45) is 11.8 Å². The SMILES string of the molecule is C[C@]12C=C[C@@](CO)(O1)[C@@H]1C(=O)N(c3cccc([N+](=O)[O-])c3)C(=O)[C@@H]12. The van der Waals surface area contributed by atoms with E-state index in [0.717, 1.165) is 4.90 Å². The van der Waals surface area contributed by atoms with Gasteiger partial charge in [-0.25, -0.2) is 4.90 Å². The molecule has 0 spiro atoms. The Morgan fingerprint density at radius 3 is 2.67 bits per heavy atom. The Morgan fingerprint density at radius 1 is 1.29 bits per heavy atom. The Kier molecular flexibility index (Phi) is 2.80. The topological polar surface area (TPSA) is 110 Å². The molecular formula is C16H14N2O6.